The maximum Gasteiger partial charge on any atom is 0.185 e. The fourth-order valence-corrected chi connectivity index (χ4v) is 3.23. The van der Waals surface area contributed by atoms with Gasteiger partial charge in [0.2, 0.25) is 0 Å². The maximum atomic E-state index is 14.0. The van der Waals surface area contributed by atoms with Crippen LogP contribution >= 0.6 is 11.3 Å². The Balaban J connectivity index is 1.75. The van der Waals surface area contributed by atoms with Crippen molar-refractivity contribution < 1.29 is 9.50 Å². The summed E-state index contributed by atoms with van der Waals surface area (Å²) in [7, 11) is 0. The number of para-hydroxylation sites is 1. The highest BCUT2D eigenvalue weighted by Crippen LogP contribution is 2.27. The minimum absolute atomic E-state index is 0.139. The minimum Gasteiger partial charge on any atom is -0.392 e. The minimum atomic E-state index is -0.265. The summed E-state index contributed by atoms with van der Waals surface area (Å²) in [6.45, 7) is 2.94. The van der Waals surface area contributed by atoms with Crippen LogP contribution in [0.25, 0.3) is 0 Å². The lowest BCUT2D eigenvalue weighted by Gasteiger charge is -2.36. The number of aliphatic hydroxyl groups is 1. The van der Waals surface area contributed by atoms with Crippen LogP contribution in [-0.4, -0.2) is 36.3 Å². The van der Waals surface area contributed by atoms with Gasteiger partial charge in [-0.1, -0.05) is 12.1 Å². The molecule has 0 saturated carbocycles. The first-order valence-electron chi connectivity index (χ1n) is 6.57. The van der Waals surface area contributed by atoms with Gasteiger partial charge in [-0.2, -0.15) is 0 Å². The van der Waals surface area contributed by atoms with E-state index in [1.807, 2.05) is 10.3 Å². The van der Waals surface area contributed by atoms with E-state index >= 15 is 0 Å². The van der Waals surface area contributed by atoms with Gasteiger partial charge in [-0.05, 0) is 6.07 Å². The van der Waals surface area contributed by atoms with Gasteiger partial charge in [-0.15, -0.1) is 11.3 Å². The molecular weight excluding hydrogens is 277 g/mol. The molecule has 4 nitrogen and oxygen atoms in total. The topological polar surface area (TPSA) is 39.6 Å². The quantitative estimate of drug-likeness (QED) is 0.941. The van der Waals surface area contributed by atoms with Crippen molar-refractivity contribution in [2.45, 2.75) is 6.61 Å². The van der Waals surface area contributed by atoms with Gasteiger partial charge in [-0.25, -0.2) is 9.37 Å². The molecule has 0 spiro atoms. The average molecular weight is 293 g/mol. The molecule has 0 amide bonds. The lowest BCUT2D eigenvalue weighted by Crippen LogP contribution is -2.47. The molecule has 0 aliphatic carbocycles. The van der Waals surface area contributed by atoms with Crippen LogP contribution in [0.2, 0.25) is 0 Å². The first-order chi connectivity index (χ1) is 9.79. The zero-order valence-corrected chi connectivity index (χ0v) is 11.8. The number of hydrogen-bond donors (Lipinski definition) is 1. The van der Waals surface area contributed by atoms with Crippen molar-refractivity contribution >= 4 is 22.2 Å². The van der Waals surface area contributed by atoms with Crippen molar-refractivity contribution in [1.82, 2.24) is 4.98 Å². The third-order valence-electron chi connectivity index (χ3n) is 3.53. The van der Waals surface area contributed by atoms with E-state index in [1.165, 1.54) is 6.07 Å². The third-order valence-corrected chi connectivity index (χ3v) is 4.36. The summed E-state index contributed by atoms with van der Waals surface area (Å²) in [4.78, 5) is 8.51. The smallest absolute Gasteiger partial charge is 0.185 e. The molecule has 0 bridgehead atoms. The van der Waals surface area contributed by atoms with Crippen LogP contribution in [0.4, 0.5) is 15.2 Å². The molecule has 1 aromatic carbocycles. The first-order valence-corrected chi connectivity index (χ1v) is 7.45. The van der Waals surface area contributed by atoms with Crippen LogP contribution in [-0.2, 0) is 6.61 Å². The van der Waals surface area contributed by atoms with Gasteiger partial charge < -0.3 is 14.9 Å². The second-order valence-corrected chi connectivity index (χ2v) is 5.57. The Morgan fingerprint density at radius 1 is 1.20 bits per heavy atom. The van der Waals surface area contributed by atoms with Gasteiger partial charge >= 0.3 is 0 Å². The Morgan fingerprint density at radius 2 is 1.95 bits per heavy atom. The Labute approximate surface area is 121 Å². The van der Waals surface area contributed by atoms with Crippen LogP contribution in [0.15, 0.2) is 29.8 Å². The molecule has 1 aliphatic heterocycles. The van der Waals surface area contributed by atoms with E-state index in [0.29, 0.717) is 11.3 Å². The molecular formula is C14H16FN3OS. The molecule has 0 atom stereocenters. The van der Waals surface area contributed by atoms with Crippen LogP contribution < -0.4 is 9.80 Å². The monoisotopic (exact) mass is 293 g/mol. The molecule has 0 radical (unpaired) electrons. The Hall–Kier alpha value is -1.66. The highest BCUT2D eigenvalue weighted by molar-refractivity contribution is 7.13. The first kappa shape index (κ1) is 13.3. The summed E-state index contributed by atoms with van der Waals surface area (Å²) in [5.41, 5.74) is 1.18. The number of hydrogen-bond acceptors (Lipinski definition) is 5. The van der Waals surface area contributed by atoms with Crippen molar-refractivity contribution in [1.29, 1.82) is 0 Å². The normalized spacial score (nSPS) is 15.7. The molecule has 1 aromatic heterocycles. The van der Waals surface area contributed by atoms with E-state index < -0.39 is 0 Å². The maximum absolute atomic E-state index is 14.0. The van der Waals surface area contributed by atoms with Gasteiger partial charge in [0.25, 0.3) is 0 Å². The predicted octanol–water partition coefficient (Wildman–Crippen LogP) is 2.10. The molecule has 2 heterocycles. The van der Waals surface area contributed by atoms with E-state index in [4.69, 9.17) is 0 Å². The standard InChI is InChI=1S/C14H16FN3OS/c15-12-3-1-2-11(10-19)13(12)17-5-7-18(8-6-17)14-16-4-9-20-14/h1-4,9,19H,5-8,10H2. The van der Waals surface area contributed by atoms with E-state index in [1.54, 1.807) is 29.7 Å². The molecule has 0 unspecified atom stereocenters. The number of nitrogens with zero attached hydrogens (tertiary/aromatic N) is 3. The summed E-state index contributed by atoms with van der Waals surface area (Å²) in [6, 6.07) is 4.85. The molecule has 6 heteroatoms. The van der Waals surface area contributed by atoms with Gasteiger partial charge in [0.05, 0.1) is 12.3 Å². The number of anilines is 2. The molecule has 106 valence electrons. The SMILES string of the molecule is OCc1cccc(F)c1N1CCN(c2nccs2)CC1. The molecule has 1 fully saturated rings. The summed E-state index contributed by atoms with van der Waals surface area (Å²) in [6.07, 6.45) is 1.80. The van der Waals surface area contributed by atoms with E-state index in [2.05, 4.69) is 9.88 Å². The van der Waals surface area contributed by atoms with Crippen molar-refractivity contribution in [3.63, 3.8) is 0 Å². The number of piperazine rings is 1. The van der Waals surface area contributed by atoms with Gasteiger partial charge in [-0.3, -0.25) is 0 Å². The van der Waals surface area contributed by atoms with E-state index in [0.717, 1.165) is 31.3 Å². The van der Waals surface area contributed by atoms with Crippen LogP contribution in [0.1, 0.15) is 5.56 Å². The molecule has 1 aliphatic rings. The Morgan fingerprint density at radius 3 is 2.60 bits per heavy atom. The predicted molar refractivity (Wildman–Crippen MR) is 78.9 cm³/mol. The average Bonchev–Trinajstić information content (AvgIpc) is 3.01. The summed E-state index contributed by atoms with van der Waals surface area (Å²) < 4.78 is 14.0. The van der Waals surface area contributed by atoms with E-state index in [9.17, 15) is 9.50 Å². The second kappa shape index (κ2) is 5.76. The lowest BCUT2D eigenvalue weighted by molar-refractivity contribution is 0.281. The van der Waals surface area contributed by atoms with Crippen molar-refractivity contribution in [3.8, 4) is 0 Å². The zero-order chi connectivity index (χ0) is 13.9. The number of aliphatic hydroxyl groups excluding tert-OH is 1. The van der Waals surface area contributed by atoms with Crippen molar-refractivity contribution in [3.05, 3.63) is 41.2 Å². The van der Waals surface area contributed by atoms with Crippen molar-refractivity contribution in [2.75, 3.05) is 36.0 Å². The van der Waals surface area contributed by atoms with Gasteiger partial charge in [0.1, 0.15) is 5.82 Å². The number of halogens is 1. The summed E-state index contributed by atoms with van der Waals surface area (Å²) in [5.74, 6) is -0.265. The number of rotatable bonds is 3. The number of benzene rings is 1. The molecule has 3 rings (SSSR count). The van der Waals surface area contributed by atoms with Crippen LogP contribution in [0.3, 0.4) is 0 Å². The number of thiazole rings is 1. The second-order valence-electron chi connectivity index (χ2n) is 4.69. The Kier molecular flexibility index (Phi) is 3.84. The van der Waals surface area contributed by atoms with Crippen LogP contribution in [0, 0.1) is 5.82 Å². The molecule has 20 heavy (non-hydrogen) atoms. The fourth-order valence-electron chi connectivity index (χ4n) is 2.54. The van der Waals surface area contributed by atoms with Crippen LogP contribution in [0.5, 0.6) is 0 Å². The summed E-state index contributed by atoms with van der Waals surface area (Å²) >= 11 is 1.62. The summed E-state index contributed by atoms with van der Waals surface area (Å²) in [5, 5.41) is 12.3. The fraction of sp³-hybridized carbons (Fsp3) is 0.357. The van der Waals surface area contributed by atoms with Gasteiger partial charge in [0.15, 0.2) is 5.13 Å². The van der Waals surface area contributed by atoms with Crippen molar-refractivity contribution in [2.24, 2.45) is 0 Å². The van der Waals surface area contributed by atoms with E-state index in [-0.39, 0.29) is 12.4 Å². The largest absolute Gasteiger partial charge is 0.392 e. The van der Waals surface area contributed by atoms with Gasteiger partial charge in [0, 0.05) is 43.3 Å². The zero-order valence-electron chi connectivity index (χ0n) is 11.0. The highest BCUT2D eigenvalue weighted by Gasteiger charge is 2.22. The number of aromatic nitrogens is 1. The molecule has 1 saturated heterocycles. The Bertz CT molecular complexity index is 568. The highest BCUT2D eigenvalue weighted by atomic mass is 32.1. The molecule has 1 N–H and O–H groups in total. The third kappa shape index (κ3) is 2.48. The lowest BCUT2D eigenvalue weighted by atomic mass is 10.1. The molecule has 2 aromatic rings.